The summed E-state index contributed by atoms with van der Waals surface area (Å²) in [5, 5.41) is 3.04. The molecule has 3 N–H and O–H groups in total. The summed E-state index contributed by atoms with van der Waals surface area (Å²) in [6.45, 7) is 0. The van der Waals surface area contributed by atoms with E-state index in [2.05, 4.69) is 5.32 Å². The fourth-order valence-electron chi connectivity index (χ4n) is 1.68. The van der Waals surface area contributed by atoms with Crippen LogP contribution in [0.3, 0.4) is 0 Å². The number of nitrogens with one attached hydrogen (secondary N) is 1. The third-order valence-corrected chi connectivity index (χ3v) is 2.57. The van der Waals surface area contributed by atoms with E-state index >= 15 is 0 Å². The largest absolute Gasteiger partial charge is 0.497 e. The number of hydrogen-bond acceptors (Lipinski definition) is 4. The Morgan fingerprint density at radius 1 is 1.41 bits per heavy atom. The number of primary amides is 1. The van der Waals surface area contributed by atoms with Crippen molar-refractivity contribution in [3.05, 3.63) is 23.8 Å². The quantitative estimate of drug-likeness (QED) is 0.770. The van der Waals surface area contributed by atoms with Gasteiger partial charge in [-0.1, -0.05) is 6.07 Å². The van der Waals surface area contributed by atoms with Gasteiger partial charge in [0.25, 0.3) is 0 Å². The first-order valence-electron chi connectivity index (χ1n) is 5.29. The van der Waals surface area contributed by atoms with Crippen LogP contribution in [0.5, 0.6) is 11.5 Å². The fourth-order valence-corrected chi connectivity index (χ4v) is 1.68. The van der Waals surface area contributed by atoms with Crippen molar-refractivity contribution in [2.24, 2.45) is 5.73 Å². The number of benzene rings is 1. The molecule has 0 saturated carbocycles. The van der Waals surface area contributed by atoms with Crippen LogP contribution in [-0.2, 0) is 4.79 Å². The van der Waals surface area contributed by atoms with E-state index in [1.807, 2.05) is 12.1 Å². The van der Waals surface area contributed by atoms with Gasteiger partial charge in [-0.2, -0.15) is 0 Å². The maximum absolute atomic E-state index is 11.0. The number of rotatable bonds is 6. The summed E-state index contributed by atoms with van der Waals surface area (Å²) in [6, 6.07) is 5.30. The van der Waals surface area contributed by atoms with E-state index in [1.54, 1.807) is 27.3 Å². The molecule has 0 spiro atoms. The average molecular weight is 238 g/mol. The number of nitrogens with two attached hydrogens (primary N) is 1. The van der Waals surface area contributed by atoms with Gasteiger partial charge in [0.1, 0.15) is 11.5 Å². The molecule has 0 aliphatic carbocycles. The molecule has 1 rings (SSSR count). The van der Waals surface area contributed by atoms with Crippen molar-refractivity contribution in [1.82, 2.24) is 5.32 Å². The molecule has 94 valence electrons. The van der Waals surface area contributed by atoms with Crippen LogP contribution in [0, 0.1) is 0 Å². The molecule has 1 aromatic carbocycles. The molecule has 1 unspecified atom stereocenters. The maximum Gasteiger partial charge on any atom is 0.219 e. The normalized spacial score (nSPS) is 11.9. The van der Waals surface area contributed by atoms with E-state index in [4.69, 9.17) is 15.2 Å². The minimum absolute atomic E-state index is 0.159. The highest BCUT2D eigenvalue weighted by molar-refractivity contribution is 5.74. The van der Waals surface area contributed by atoms with Crippen molar-refractivity contribution >= 4 is 5.91 Å². The van der Waals surface area contributed by atoms with Gasteiger partial charge in [-0.3, -0.25) is 4.79 Å². The number of ether oxygens (including phenoxy) is 2. The summed E-state index contributed by atoms with van der Waals surface area (Å²) in [4.78, 5) is 11.0. The topological polar surface area (TPSA) is 73.6 Å². The van der Waals surface area contributed by atoms with Crippen molar-refractivity contribution in [3.8, 4) is 11.5 Å². The summed E-state index contributed by atoms with van der Waals surface area (Å²) in [7, 11) is 4.94. The van der Waals surface area contributed by atoms with Crippen molar-refractivity contribution in [2.75, 3.05) is 21.3 Å². The van der Waals surface area contributed by atoms with Gasteiger partial charge in [-0.15, -0.1) is 0 Å². The van der Waals surface area contributed by atoms with Gasteiger partial charge in [0.05, 0.1) is 14.2 Å². The van der Waals surface area contributed by atoms with Crippen LogP contribution in [0.1, 0.15) is 18.0 Å². The second-order valence-electron chi connectivity index (χ2n) is 3.62. The van der Waals surface area contributed by atoms with Gasteiger partial charge in [-0.25, -0.2) is 0 Å². The Morgan fingerprint density at radius 3 is 2.59 bits per heavy atom. The zero-order valence-electron chi connectivity index (χ0n) is 10.3. The Hall–Kier alpha value is -1.75. The lowest BCUT2D eigenvalue weighted by atomic mass is 10.0. The summed E-state index contributed by atoms with van der Waals surface area (Å²) in [5.41, 5.74) is 6.09. The predicted molar refractivity (Wildman–Crippen MR) is 65.2 cm³/mol. The van der Waals surface area contributed by atoms with Crippen LogP contribution in [-0.4, -0.2) is 27.2 Å². The van der Waals surface area contributed by atoms with Gasteiger partial charge in [0.2, 0.25) is 5.91 Å². The number of amides is 1. The van der Waals surface area contributed by atoms with Gasteiger partial charge < -0.3 is 20.5 Å². The van der Waals surface area contributed by atoms with Crippen LogP contribution in [0.15, 0.2) is 18.2 Å². The molecule has 1 atom stereocenters. The first kappa shape index (κ1) is 13.3. The monoisotopic (exact) mass is 238 g/mol. The van der Waals surface area contributed by atoms with E-state index < -0.39 is 0 Å². The smallest absolute Gasteiger partial charge is 0.219 e. The minimum Gasteiger partial charge on any atom is -0.497 e. The molecule has 0 aromatic heterocycles. The summed E-state index contributed by atoms with van der Waals surface area (Å²) in [5.74, 6) is 1.02. The van der Waals surface area contributed by atoms with Crippen LogP contribution in [0.25, 0.3) is 0 Å². The van der Waals surface area contributed by atoms with Crippen LogP contribution in [0.2, 0.25) is 0 Å². The van der Waals surface area contributed by atoms with E-state index in [1.165, 1.54) is 0 Å². The molecule has 1 amide bonds. The molecule has 5 heteroatoms. The molecular weight excluding hydrogens is 220 g/mol. The molecule has 0 heterocycles. The average Bonchev–Trinajstić information content (AvgIpc) is 2.35. The molecule has 0 radical (unpaired) electrons. The Kier molecular flexibility index (Phi) is 4.78. The van der Waals surface area contributed by atoms with Gasteiger partial charge in [0, 0.05) is 24.1 Å². The minimum atomic E-state index is -0.359. The summed E-state index contributed by atoms with van der Waals surface area (Å²) in [6.07, 6.45) is 0.221. The first-order valence-corrected chi connectivity index (χ1v) is 5.29. The summed E-state index contributed by atoms with van der Waals surface area (Å²) >= 11 is 0. The zero-order chi connectivity index (χ0) is 12.8. The second kappa shape index (κ2) is 6.10. The summed E-state index contributed by atoms with van der Waals surface area (Å²) < 4.78 is 10.4. The predicted octanol–water partition coefficient (Wildman–Crippen LogP) is 0.840. The highest BCUT2D eigenvalue weighted by Gasteiger charge is 2.17. The SMILES string of the molecule is CNC(CC(N)=O)c1ccc(OC)cc1OC. The molecule has 0 fully saturated rings. The highest BCUT2D eigenvalue weighted by atomic mass is 16.5. The maximum atomic E-state index is 11.0. The zero-order valence-corrected chi connectivity index (χ0v) is 10.3. The third kappa shape index (κ3) is 3.35. The van der Waals surface area contributed by atoms with E-state index in [-0.39, 0.29) is 18.4 Å². The fraction of sp³-hybridized carbons (Fsp3) is 0.417. The lowest BCUT2D eigenvalue weighted by Gasteiger charge is -2.18. The standard InChI is InChI=1S/C12H18N2O3/c1-14-10(7-12(13)15)9-5-4-8(16-2)6-11(9)17-3/h4-6,10,14H,7H2,1-3H3,(H2,13,15). The van der Waals surface area contributed by atoms with Crippen molar-refractivity contribution < 1.29 is 14.3 Å². The van der Waals surface area contributed by atoms with E-state index in [0.717, 1.165) is 5.56 Å². The lowest BCUT2D eigenvalue weighted by molar-refractivity contribution is -0.118. The number of hydrogen-bond donors (Lipinski definition) is 2. The van der Waals surface area contributed by atoms with Gasteiger partial charge >= 0.3 is 0 Å². The molecule has 17 heavy (non-hydrogen) atoms. The molecule has 0 aliphatic rings. The van der Waals surface area contributed by atoms with Crippen molar-refractivity contribution in [3.63, 3.8) is 0 Å². The molecule has 0 aliphatic heterocycles. The number of carbonyl (C=O) groups is 1. The van der Waals surface area contributed by atoms with Gasteiger partial charge in [-0.05, 0) is 13.1 Å². The lowest BCUT2D eigenvalue weighted by Crippen LogP contribution is -2.24. The number of carbonyl (C=O) groups excluding carboxylic acids is 1. The Bertz CT molecular complexity index is 393. The molecule has 1 aromatic rings. The Balaban J connectivity index is 3.05. The van der Waals surface area contributed by atoms with Crippen molar-refractivity contribution in [2.45, 2.75) is 12.5 Å². The van der Waals surface area contributed by atoms with E-state index in [9.17, 15) is 4.79 Å². The molecule has 0 saturated heterocycles. The number of methoxy groups -OCH3 is 2. The van der Waals surface area contributed by atoms with Crippen LogP contribution < -0.4 is 20.5 Å². The molecule has 5 nitrogen and oxygen atoms in total. The van der Waals surface area contributed by atoms with Crippen LogP contribution in [0.4, 0.5) is 0 Å². The van der Waals surface area contributed by atoms with Crippen molar-refractivity contribution in [1.29, 1.82) is 0 Å². The third-order valence-electron chi connectivity index (χ3n) is 2.57. The van der Waals surface area contributed by atoms with Crippen LogP contribution >= 0.6 is 0 Å². The Labute approximate surface area is 101 Å². The van der Waals surface area contributed by atoms with Gasteiger partial charge in [0.15, 0.2) is 0 Å². The first-order chi connectivity index (χ1) is 8.12. The Morgan fingerprint density at radius 2 is 2.12 bits per heavy atom. The highest BCUT2D eigenvalue weighted by Crippen LogP contribution is 2.30. The van der Waals surface area contributed by atoms with E-state index in [0.29, 0.717) is 11.5 Å². The molecular formula is C12H18N2O3. The molecule has 0 bridgehead atoms. The second-order valence-corrected chi connectivity index (χ2v) is 3.62.